The van der Waals surface area contributed by atoms with Crippen LogP contribution in [-0.4, -0.2) is 42.4 Å². The van der Waals surface area contributed by atoms with Gasteiger partial charge in [0.15, 0.2) is 5.65 Å². The van der Waals surface area contributed by atoms with Crippen LogP contribution in [0, 0.1) is 5.92 Å². The minimum Gasteiger partial charge on any atom is -0.394 e. The fourth-order valence-corrected chi connectivity index (χ4v) is 4.21. The molecule has 1 aliphatic heterocycles. The van der Waals surface area contributed by atoms with Crippen LogP contribution in [0.4, 0.5) is 5.95 Å². The highest BCUT2D eigenvalue weighted by Crippen LogP contribution is 2.42. The summed E-state index contributed by atoms with van der Waals surface area (Å²) in [7, 11) is 0. The maximum atomic E-state index is 12.6. The maximum Gasteiger partial charge on any atom is 0.311 e. The summed E-state index contributed by atoms with van der Waals surface area (Å²) in [5.41, 5.74) is 5.62. The van der Waals surface area contributed by atoms with Gasteiger partial charge in [0, 0.05) is 12.1 Å². The molecule has 11 heteroatoms. The fourth-order valence-electron chi connectivity index (χ4n) is 3.37. The van der Waals surface area contributed by atoms with Gasteiger partial charge in [-0.25, -0.2) is 0 Å². The van der Waals surface area contributed by atoms with Crippen LogP contribution in [0.1, 0.15) is 24.4 Å². The van der Waals surface area contributed by atoms with Crippen LogP contribution in [0.5, 0.6) is 0 Å². The topological polar surface area (TPSA) is 156 Å². The molecule has 0 saturated carbocycles. The van der Waals surface area contributed by atoms with Crippen LogP contribution in [0.25, 0.3) is 10.3 Å². The molecule has 27 heavy (non-hydrogen) atoms. The first-order valence-corrected chi connectivity index (χ1v) is 9.07. The highest BCUT2D eigenvalue weighted by atomic mass is 32.1. The molecule has 0 aliphatic carbocycles. The van der Waals surface area contributed by atoms with Crippen molar-refractivity contribution < 1.29 is 14.9 Å². The lowest BCUT2D eigenvalue weighted by Gasteiger charge is -2.24. The Balaban J connectivity index is 1.83. The first-order chi connectivity index (χ1) is 13.0. The van der Waals surface area contributed by atoms with Crippen molar-refractivity contribution >= 4 is 27.6 Å². The van der Waals surface area contributed by atoms with Gasteiger partial charge in [-0.3, -0.25) is 24.1 Å². The summed E-state index contributed by atoms with van der Waals surface area (Å²) in [6.07, 6.45) is -0.662. The predicted octanol–water partition coefficient (Wildman–Crippen LogP) is -0.247. The van der Waals surface area contributed by atoms with E-state index in [0.29, 0.717) is 12.1 Å². The number of hydrogen-bond acceptors (Lipinski definition) is 9. The Kier molecular flexibility index (Phi) is 4.52. The molecule has 0 bridgehead atoms. The highest BCUT2D eigenvalue weighted by Gasteiger charge is 2.43. The molecule has 0 unspecified atom stereocenters. The third-order valence-electron chi connectivity index (χ3n) is 4.58. The van der Waals surface area contributed by atoms with Gasteiger partial charge in [-0.2, -0.15) is 4.98 Å². The van der Waals surface area contributed by atoms with E-state index in [-0.39, 0.29) is 22.9 Å². The summed E-state index contributed by atoms with van der Waals surface area (Å²) in [6.45, 7) is -0.269. The normalized spacial score (nSPS) is 23.7. The van der Waals surface area contributed by atoms with Crippen molar-refractivity contribution in [2.45, 2.75) is 24.9 Å². The van der Waals surface area contributed by atoms with E-state index in [1.165, 1.54) is 4.57 Å². The molecule has 4 heterocycles. The third-order valence-corrected chi connectivity index (χ3v) is 5.52. The monoisotopic (exact) mass is 391 g/mol. The van der Waals surface area contributed by atoms with Gasteiger partial charge in [0.25, 0.3) is 5.56 Å². The van der Waals surface area contributed by atoms with Gasteiger partial charge in [-0.1, -0.05) is 17.4 Å². The second kappa shape index (κ2) is 6.85. The van der Waals surface area contributed by atoms with Crippen molar-refractivity contribution in [2.75, 3.05) is 12.3 Å². The second-order valence-corrected chi connectivity index (χ2v) is 7.23. The molecular formula is C16H17N5O5S. The Morgan fingerprint density at radius 1 is 1.44 bits per heavy atom. The lowest BCUT2D eigenvalue weighted by atomic mass is 9.94. The van der Waals surface area contributed by atoms with E-state index in [1.54, 1.807) is 24.4 Å². The van der Waals surface area contributed by atoms with E-state index in [0.717, 1.165) is 11.3 Å². The molecule has 1 fully saturated rings. The van der Waals surface area contributed by atoms with Crippen molar-refractivity contribution in [3.8, 4) is 0 Å². The molecule has 10 nitrogen and oxygen atoms in total. The lowest BCUT2D eigenvalue weighted by Crippen LogP contribution is -2.28. The van der Waals surface area contributed by atoms with Crippen LogP contribution < -0.4 is 16.2 Å². The fraction of sp³-hybridized carbons (Fsp3) is 0.375. The standard InChI is InChI=1S/C16H17N5O5S/c17-15-19-12-11(13(24)20-15)27-16(25)21(12)14-8(5-7(6-22)26-14)10(23)9-3-1-2-4-18-9/h1-4,7-8,10,14,22-23H,5-6H2,(H3,17,19,20,24)/t7-,8-,10-,14+/m0/s1. The van der Waals surface area contributed by atoms with Gasteiger partial charge in [-0.15, -0.1) is 0 Å². The van der Waals surface area contributed by atoms with Gasteiger partial charge >= 0.3 is 4.87 Å². The van der Waals surface area contributed by atoms with Crippen molar-refractivity contribution in [3.05, 3.63) is 50.1 Å². The van der Waals surface area contributed by atoms with Gasteiger partial charge in [0.1, 0.15) is 17.0 Å². The molecule has 142 valence electrons. The number of aliphatic hydroxyl groups excluding tert-OH is 2. The number of aromatic amines is 1. The highest BCUT2D eigenvalue weighted by molar-refractivity contribution is 7.16. The minimum atomic E-state index is -1.03. The Morgan fingerprint density at radius 2 is 2.26 bits per heavy atom. The average molecular weight is 391 g/mol. The number of pyridine rings is 1. The third kappa shape index (κ3) is 3.04. The summed E-state index contributed by atoms with van der Waals surface area (Å²) in [6, 6.07) is 5.14. The number of H-pyrrole nitrogens is 1. The summed E-state index contributed by atoms with van der Waals surface area (Å²) in [4.78, 5) is 34.8. The number of aromatic nitrogens is 4. The molecule has 3 aromatic heterocycles. The van der Waals surface area contributed by atoms with Crippen LogP contribution in [-0.2, 0) is 4.74 Å². The number of hydrogen-bond donors (Lipinski definition) is 4. The van der Waals surface area contributed by atoms with Crippen LogP contribution >= 0.6 is 11.3 Å². The van der Waals surface area contributed by atoms with Crippen molar-refractivity contribution in [2.24, 2.45) is 5.92 Å². The first-order valence-electron chi connectivity index (χ1n) is 8.25. The van der Waals surface area contributed by atoms with E-state index in [2.05, 4.69) is 15.0 Å². The molecule has 0 radical (unpaired) electrons. The Labute approximate surface area is 155 Å². The van der Waals surface area contributed by atoms with Gasteiger partial charge < -0.3 is 20.7 Å². The molecular weight excluding hydrogens is 374 g/mol. The number of thiazole rings is 1. The van der Waals surface area contributed by atoms with Crippen LogP contribution in [0.3, 0.4) is 0 Å². The minimum absolute atomic E-state index is 0.0908. The molecule has 4 rings (SSSR count). The van der Waals surface area contributed by atoms with E-state index in [4.69, 9.17) is 10.5 Å². The zero-order valence-electron chi connectivity index (χ0n) is 14.0. The van der Waals surface area contributed by atoms with Gasteiger partial charge in [-0.05, 0) is 18.6 Å². The Morgan fingerprint density at radius 3 is 2.96 bits per heavy atom. The van der Waals surface area contributed by atoms with E-state index in [1.807, 2.05) is 0 Å². The number of rotatable bonds is 4. The molecule has 1 saturated heterocycles. The zero-order valence-corrected chi connectivity index (χ0v) is 14.8. The molecule has 0 aromatic carbocycles. The summed E-state index contributed by atoms with van der Waals surface area (Å²) >= 11 is 0.725. The number of nitrogens with one attached hydrogen (secondary N) is 1. The Hall–Kier alpha value is -2.60. The average Bonchev–Trinajstić information content (AvgIpc) is 3.22. The van der Waals surface area contributed by atoms with Gasteiger partial charge in [0.05, 0.1) is 18.4 Å². The molecule has 1 aliphatic rings. The largest absolute Gasteiger partial charge is 0.394 e. The van der Waals surface area contributed by atoms with E-state index >= 15 is 0 Å². The smallest absolute Gasteiger partial charge is 0.311 e. The van der Waals surface area contributed by atoms with E-state index in [9.17, 15) is 19.8 Å². The molecule has 5 N–H and O–H groups in total. The number of nitrogen functional groups attached to an aromatic ring is 1. The molecule has 0 amide bonds. The SMILES string of the molecule is Nc1nc2c(sc(=O)n2[C@@H]2O[C@H](CO)C[C@H]2[C@H](O)c2ccccn2)c(=O)[nH]1. The van der Waals surface area contributed by atoms with Crippen molar-refractivity contribution in [1.29, 1.82) is 0 Å². The number of nitrogens with two attached hydrogens (primary N) is 1. The lowest BCUT2D eigenvalue weighted by molar-refractivity contribution is -0.0504. The molecule has 0 spiro atoms. The zero-order chi connectivity index (χ0) is 19.1. The van der Waals surface area contributed by atoms with Crippen molar-refractivity contribution in [1.82, 2.24) is 19.5 Å². The molecule has 4 atom stereocenters. The number of ether oxygens (including phenoxy) is 1. The summed E-state index contributed by atoms with van der Waals surface area (Å²) in [5, 5.41) is 20.4. The van der Waals surface area contributed by atoms with Crippen LogP contribution in [0.15, 0.2) is 34.0 Å². The maximum absolute atomic E-state index is 12.6. The number of anilines is 1. The summed E-state index contributed by atoms with van der Waals surface area (Å²) < 4.78 is 7.16. The molecule has 3 aromatic rings. The Bertz CT molecular complexity index is 1080. The van der Waals surface area contributed by atoms with Crippen molar-refractivity contribution in [3.63, 3.8) is 0 Å². The summed E-state index contributed by atoms with van der Waals surface area (Å²) in [5.74, 6) is -0.701. The second-order valence-electron chi connectivity index (χ2n) is 6.27. The number of fused-ring (bicyclic) bond motifs is 1. The number of nitrogens with zero attached hydrogens (tertiary/aromatic N) is 3. The number of aliphatic hydroxyl groups is 2. The first kappa shape index (κ1) is 17.8. The van der Waals surface area contributed by atoms with Gasteiger partial charge in [0.2, 0.25) is 5.95 Å². The predicted molar refractivity (Wildman–Crippen MR) is 97.2 cm³/mol. The van der Waals surface area contributed by atoms with Crippen LogP contribution in [0.2, 0.25) is 0 Å². The van der Waals surface area contributed by atoms with E-state index < -0.39 is 34.8 Å². The quantitative estimate of drug-likeness (QED) is 0.474.